The molecule has 0 aromatic heterocycles. The highest BCUT2D eigenvalue weighted by atomic mass is 32.2. The maximum Gasteiger partial charge on any atom is 0.255 e. The predicted octanol–water partition coefficient (Wildman–Crippen LogP) is 3.05. The van der Waals surface area contributed by atoms with Gasteiger partial charge in [0, 0.05) is 18.2 Å². The molecule has 0 radical (unpaired) electrons. The molecule has 0 fully saturated rings. The Hall–Kier alpha value is -3.89. The maximum atomic E-state index is 13.5. The lowest BCUT2D eigenvalue weighted by Gasteiger charge is -2.22. The number of ether oxygens (including phenoxy) is 3. The standard InChI is InChI=1S/C25H27N3O6S/c1-32-22-12-8-7-11-20(22)16-26-27-25(29)18-28(17-19-9-5-4-6-10-19)35(30,31)21-13-14-23(33-2)24(15-21)34-3/h4-16H,17-18H2,1-3H3,(H,27,29)/b26-16-. The number of para-hydroxylation sites is 1. The van der Waals surface area contributed by atoms with Crippen LogP contribution in [-0.4, -0.2) is 52.7 Å². The molecule has 3 aromatic rings. The zero-order chi connectivity index (χ0) is 25.3. The molecule has 0 saturated carbocycles. The van der Waals surface area contributed by atoms with Crippen molar-refractivity contribution < 1.29 is 27.4 Å². The van der Waals surface area contributed by atoms with E-state index in [2.05, 4.69) is 10.5 Å². The summed E-state index contributed by atoms with van der Waals surface area (Å²) in [5.41, 5.74) is 3.77. The number of hydrazone groups is 1. The number of nitrogens with zero attached hydrogens (tertiary/aromatic N) is 2. The molecular weight excluding hydrogens is 470 g/mol. The molecular formula is C25H27N3O6S. The minimum Gasteiger partial charge on any atom is -0.496 e. The van der Waals surface area contributed by atoms with Crippen LogP contribution in [0.25, 0.3) is 0 Å². The van der Waals surface area contributed by atoms with Gasteiger partial charge in [-0.05, 0) is 29.8 Å². The molecule has 1 N–H and O–H groups in total. The summed E-state index contributed by atoms with van der Waals surface area (Å²) < 4.78 is 43.8. The van der Waals surface area contributed by atoms with Gasteiger partial charge in [-0.1, -0.05) is 42.5 Å². The quantitative estimate of drug-likeness (QED) is 0.322. The van der Waals surface area contributed by atoms with E-state index < -0.39 is 22.5 Å². The second-order valence-electron chi connectivity index (χ2n) is 7.31. The third kappa shape index (κ3) is 6.58. The number of hydrogen-bond acceptors (Lipinski definition) is 7. The largest absolute Gasteiger partial charge is 0.496 e. The number of sulfonamides is 1. The molecule has 1 amide bonds. The van der Waals surface area contributed by atoms with Crippen LogP contribution in [0.15, 0.2) is 82.8 Å². The van der Waals surface area contributed by atoms with Gasteiger partial charge >= 0.3 is 0 Å². The summed E-state index contributed by atoms with van der Waals surface area (Å²) in [6.07, 6.45) is 1.43. The highest BCUT2D eigenvalue weighted by Gasteiger charge is 2.28. The second-order valence-corrected chi connectivity index (χ2v) is 9.25. The van der Waals surface area contributed by atoms with E-state index in [1.165, 1.54) is 45.7 Å². The van der Waals surface area contributed by atoms with Crippen LogP contribution < -0.4 is 19.6 Å². The lowest BCUT2D eigenvalue weighted by molar-refractivity contribution is -0.121. The fourth-order valence-electron chi connectivity index (χ4n) is 3.28. The summed E-state index contributed by atoms with van der Waals surface area (Å²) in [4.78, 5) is 12.7. The molecule has 0 aliphatic heterocycles. The summed E-state index contributed by atoms with van der Waals surface area (Å²) >= 11 is 0. The van der Waals surface area contributed by atoms with Crippen molar-refractivity contribution in [3.63, 3.8) is 0 Å². The van der Waals surface area contributed by atoms with Gasteiger partial charge in [-0.25, -0.2) is 13.8 Å². The Labute approximate surface area is 205 Å². The van der Waals surface area contributed by atoms with E-state index >= 15 is 0 Å². The fourth-order valence-corrected chi connectivity index (χ4v) is 4.68. The summed E-state index contributed by atoms with van der Waals surface area (Å²) in [5.74, 6) is 0.645. The average Bonchev–Trinajstić information content (AvgIpc) is 2.88. The first kappa shape index (κ1) is 25.7. The number of carbonyl (C=O) groups is 1. The van der Waals surface area contributed by atoms with Gasteiger partial charge in [0.05, 0.1) is 39.0 Å². The molecule has 0 aliphatic rings. The molecule has 0 aliphatic carbocycles. The molecule has 9 nitrogen and oxygen atoms in total. The Balaban J connectivity index is 1.84. The Morgan fingerprint density at radius 1 is 0.886 bits per heavy atom. The molecule has 35 heavy (non-hydrogen) atoms. The van der Waals surface area contributed by atoms with Crippen LogP contribution in [0.3, 0.4) is 0 Å². The van der Waals surface area contributed by atoms with Gasteiger partial charge in [0.2, 0.25) is 10.0 Å². The SMILES string of the molecule is COc1ccccc1/C=N\NC(=O)CN(Cc1ccccc1)S(=O)(=O)c1ccc(OC)c(OC)c1. The van der Waals surface area contributed by atoms with Crippen LogP contribution in [0.4, 0.5) is 0 Å². The van der Waals surface area contributed by atoms with E-state index in [4.69, 9.17) is 14.2 Å². The Bertz CT molecular complexity index is 1280. The summed E-state index contributed by atoms with van der Waals surface area (Å²) in [6, 6.07) is 20.4. The lowest BCUT2D eigenvalue weighted by atomic mass is 10.2. The molecule has 184 valence electrons. The third-order valence-electron chi connectivity index (χ3n) is 5.05. The van der Waals surface area contributed by atoms with E-state index in [1.54, 1.807) is 36.4 Å². The van der Waals surface area contributed by atoms with Gasteiger partial charge in [0.15, 0.2) is 11.5 Å². The first-order valence-corrected chi connectivity index (χ1v) is 12.0. The van der Waals surface area contributed by atoms with Crippen molar-refractivity contribution in [3.05, 3.63) is 83.9 Å². The Morgan fingerprint density at radius 3 is 2.23 bits per heavy atom. The zero-order valence-corrected chi connectivity index (χ0v) is 20.5. The minimum atomic E-state index is -4.07. The minimum absolute atomic E-state index is 0.0127. The Kier molecular flexibility index (Phi) is 8.82. The van der Waals surface area contributed by atoms with Gasteiger partial charge in [0.25, 0.3) is 5.91 Å². The first-order valence-electron chi connectivity index (χ1n) is 10.6. The molecule has 0 heterocycles. The average molecular weight is 498 g/mol. The number of rotatable bonds is 11. The van der Waals surface area contributed by atoms with Crippen molar-refractivity contribution in [2.24, 2.45) is 5.10 Å². The van der Waals surface area contributed by atoms with Crippen LogP contribution in [0, 0.1) is 0 Å². The third-order valence-corrected chi connectivity index (χ3v) is 6.83. The maximum absolute atomic E-state index is 13.5. The second kappa shape index (κ2) is 12.0. The van der Waals surface area contributed by atoms with Crippen LogP contribution in [0.2, 0.25) is 0 Å². The van der Waals surface area contributed by atoms with E-state index in [1.807, 2.05) is 18.2 Å². The predicted molar refractivity (Wildman–Crippen MR) is 132 cm³/mol. The fraction of sp³-hybridized carbons (Fsp3) is 0.200. The number of hydrogen-bond donors (Lipinski definition) is 1. The van der Waals surface area contributed by atoms with Crippen LogP contribution in [0.5, 0.6) is 17.2 Å². The van der Waals surface area contributed by atoms with Crippen LogP contribution >= 0.6 is 0 Å². The van der Waals surface area contributed by atoms with E-state index in [0.29, 0.717) is 17.1 Å². The summed E-state index contributed by atoms with van der Waals surface area (Å²) in [5, 5.41) is 3.95. The molecule has 0 bridgehead atoms. The van der Waals surface area contributed by atoms with Crippen molar-refractivity contribution in [3.8, 4) is 17.2 Å². The van der Waals surface area contributed by atoms with Crippen molar-refractivity contribution in [2.45, 2.75) is 11.4 Å². The number of methoxy groups -OCH3 is 3. The van der Waals surface area contributed by atoms with Crippen molar-refractivity contribution in [1.82, 2.24) is 9.73 Å². The number of benzene rings is 3. The van der Waals surface area contributed by atoms with Crippen molar-refractivity contribution in [2.75, 3.05) is 27.9 Å². The summed E-state index contributed by atoms with van der Waals surface area (Å²) in [7, 11) is 0.341. The lowest BCUT2D eigenvalue weighted by Crippen LogP contribution is -2.39. The van der Waals surface area contributed by atoms with Gasteiger partial charge in [0.1, 0.15) is 5.75 Å². The highest BCUT2D eigenvalue weighted by molar-refractivity contribution is 7.89. The smallest absolute Gasteiger partial charge is 0.255 e. The van der Waals surface area contributed by atoms with Gasteiger partial charge < -0.3 is 14.2 Å². The number of carbonyl (C=O) groups excluding carboxylic acids is 1. The van der Waals surface area contributed by atoms with Crippen molar-refractivity contribution >= 4 is 22.1 Å². The monoisotopic (exact) mass is 497 g/mol. The number of nitrogens with one attached hydrogen (secondary N) is 1. The van der Waals surface area contributed by atoms with Gasteiger partial charge in [-0.2, -0.15) is 9.41 Å². The highest BCUT2D eigenvalue weighted by Crippen LogP contribution is 2.31. The Morgan fingerprint density at radius 2 is 1.54 bits per heavy atom. The van der Waals surface area contributed by atoms with Crippen LogP contribution in [-0.2, 0) is 21.4 Å². The number of amides is 1. The van der Waals surface area contributed by atoms with E-state index in [9.17, 15) is 13.2 Å². The molecule has 0 unspecified atom stereocenters. The van der Waals surface area contributed by atoms with E-state index in [-0.39, 0.29) is 17.2 Å². The normalized spacial score (nSPS) is 11.4. The van der Waals surface area contributed by atoms with Gasteiger partial charge in [-0.3, -0.25) is 4.79 Å². The molecule has 3 aromatic carbocycles. The van der Waals surface area contributed by atoms with Crippen LogP contribution in [0.1, 0.15) is 11.1 Å². The van der Waals surface area contributed by atoms with E-state index in [0.717, 1.165) is 9.87 Å². The summed E-state index contributed by atoms with van der Waals surface area (Å²) in [6.45, 7) is -0.462. The molecule has 0 saturated heterocycles. The molecule has 10 heteroatoms. The molecule has 0 spiro atoms. The topological polar surface area (TPSA) is 107 Å². The zero-order valence-electron chi connectivity index (χ0n) is 19.7. The first-order chi connectivity index (χ1) is 16.9. The van der Waals surface area contributed by atoms with Crippen molar-refractivity contribution in [1.29, 1.82) is 0 Å². The molecule has 0 atom stereocenters. The van der Waals surface area contributed by atoms with Gasteiger partial charge in [-0.15, -0.1) is 0 Å². The molecule has 3 rings (SSSR count).